The molecule has 0 spiro atoms. The maximum absolute atomic E-state index is 10.0. The number of hydrogen-bond donors (Lipinski definition) is 1. The summed E-state index contributed by atoms with van der Waals surface area (Å²) in [6.45, 7) is 11.4. The molecule has 23 heavy (non-hydrogen) atoms. The van der Waals surface area contributed by atoms with E-state index >= 15 is 0 Å². The van der Waals surface area contributed by atoms with Gasteiger partial charge in [0.05, 0.1) is 6.61 Å². The summed E-state index contributed by atoms with van der Waals surface area (Å²) in [6.07, 6.45) is 3.54. The lowest BCUT2D eigenvalue weighted by Gasteiger charge is -2.53. The van der Waals surface area contributed by atoms with Crippen LogP contribution < -0.4 is 0 Å². The van der Waals surface area contributed by atoms with Crippen LogP contribution in [0.3, 0.4) is 0 Å². The summed E-state index contributed by atoms with van der Waals surface area (Å²) >= 11 is 0. The molecule has 2 saturated heterocycles. The molecule has 0 aromatic heterocycles. The van der Waals surface area contributed by atoms with E-state index in [1.165, 1.54) is 41.6 Å². The van der Waals surface area contributed by atoms with Crippen molar-refractivity contribution in [2.24, 2.45) is 5.41 Å². The Kier molecular flexibility index (Phi) is 4.82. The molecular weight excluding hydrogens is 284 g/mol. The lowest BCUT2D eigenvalue weighted by Crippen LogP contribution is -2.61. The first-order valence-electron chi connectivity index (χ1n) is 9.05. The van der Waals surface area contributed by atoms with Gasteiger partial charge in [0, 0.05) is 24.5 Å². The van der Waals surface area contributed by atoms with Gasteiger partial charge in [-0.2, -0.15) is 0 Å². The number of benzene rings is 1. The number of fused-ring (bicyclic) bond motifs is 1. The fourth-order valence-electron chi connectivity index (χ4n) is 4.90. The summed E-state index contributed by atoms with van der Waals surface area (Å²) < 4.78 is 0. The highest BCUT2D eigenvalue weighted by molar-refractivity contribution is 5.37. The Morgan fingerprint density at radius 1 is 1.13 bits per heavy atom. The Hall–Kier alpha value is -0.900. The van der Waals surface area contributed by atoms with Gasteiger partial charge in [-0.3, -0.25) is 4.90 Å². The number of rotatable bonds is 3. The standard InChI is InChI=1S/C20H32N2O/c1-15-10-16(2)18(17(3)11-15)12-22-9-7-20(14-23)6-5-8-21(4)19(20)13-22/h10-11,19,23H,5-9,12-14H2,1-4H3/t19-,20-/m1/s1. The van der Waals surface area contributed by atoms with E-state index in [2.05, 4.69) is 49.8 Å². The van der Waals surface area contributed by atoms with Gasteiger partial charge in [0.25, 0.3) is 0 Å². The predicted octanol–water partition coefficient (Wildman–Crippen LogP) is 2.89. The summed E-state index contributed by atoms with van der Waals surface area (Å²) in [5.41, 5.74) is 5.82. The van der Waals surface area contributed by atoms with Gasteiger partial charge in [-0.1, -0.05) is 17.7 Å². The van der Waals surface area contributed by atoms with Crippen molar-refractivity contribution in [3.05, 3.63) is 34.4 Å². The molecule has 2 aliphatic heterocycles. The topological polar surface area (TPSA) is 26.7 Å². The molecule has 0 aliphatic carbocycles. The molecular formula is C20H32N2O. The Labute approximate surface area is 141 Å². The van der Waals surface area contributed by atoms with E-state index in [0.29, 0.717) is 12.6 Å². The molecule has 128 valence electrons. The summed E-state index contributed by atoms with van der Waals surface area (Å²) in [6, 6.07) is 5.11. The van der Waals surface area contributed by atoms with Gasteiger partial charge in [0.1, 0.15) is 0 Å². The van der Waals surface area contributed by atoms with Crippen LogP contribution in [0.2, 0.25) is 0 Å². The maximum Gasteiger partial charge on any atom is 0.0503 e. The van der Waals surface area contributed by atoms with Crippen LogP contribution in [0.1, 0.15) is 41.5 Å². The average molecular weight is 316 g/mol. The fraction of sp³-hybridized carbons (Fsp3) is 0.700. The second-order valence-electron chi connectivity index (χ2n) is 7.98. The number of likely N-dealkylation sites (N-methyl/N-ethyl adjacent to an activating group) is 1. The number of piperidine rings is 2. The first-order valence-corrected chi connectivity index (χ1v) is 9.05. The summed E-state index contributed by atoms with van der Waals surface area (Å²) in [7, 11) is 2.24. The monoisotopic (exact) mass is 316 g/mol. The number of aryl methyl sites for hydroxylation is 3. The fourth-order valence-corrected chi connectivity index (χ4v) is 4.90. The zero-order valence-corrected chi connectivity index (χ0v) is 15.2. The van der Waals surface area contributed by atoms with E-state index < -0.39 is 0 Å². The molecule has 0 amide bonds. The van der Waals surface area contributed by atoms with Gasteiger partial charge in [0.2, 0.25) is 0 Å². The SMILES string of the molecule is Cc1cc(C)c(CN2CC[C@@]3(CO)CCCN(C)[C@@H]3C2)c(C)c1. The maximum atomic E-state index is 10.0. The van der Waals surface area contributed by atoms with Crippen LogP contribution in [0.15, 0.2) is 12.1 Å². The third-order valence-corrected chi connectivity index (χ3v) is 6.32. The van der Waals surface area contributed by atoms with Crippen LogP contribution in [0.5, 0.6) is 0 Å². The average Bonchev–Trinajstić information content (AvgIpc) is 2.51. The predicted molar refractivity (Wildman–Crippen MR) is 95.7 cm³/mol. The first-order chi connectivity index (χ1) is 10.9. The van der Waals surface area contributed by atoms with Gasteiger partial charge >= 0.3 is 0 Å². The highest BCUT2D eigenvalue weighted by Gasteiger charge is 2.46. The van der Waals surface area contributed by atoms with Crippen molar-refractivity contribution in [1.82, 2.24) is 9.80 Å². The molecule has 3 heteroatoms. The number of hydrogen-bond acceptors (Lipinski definition) is 3. The Bertz CT molecular complexity index is 548. The minimum atomic E-state index is 0.140. The van der Waals surface area contributed by atoms with Crippen LogP contribution in [0.25, 0.3) is 0 Å². The van der Waals surface area contributed by atoms with Gasteiger partial charge < -0.3 is 10.0 Å². The van der Waals surface area contributed by atoms with E-state index in [9.17, 15) is 5.11 Å². The van der Waals surface area contributed by atoms with Gasteiger partial charge in [0.15, 0.2) is 0 Å². The second kappa shape index (κ2) is 6.54. The largest absolute Gasteiger partial charge is 0.396 e. The van der Waals surface area contributed by atoms with E-state index in [-0.39, 0.29) is 5.41 Å². The number of nitrogens with zero attached hydrogens (tertiary/aromatic N) is 2. The molecule has 2 aliphatic rings. The summed E-state index contributed by atoms with van der Waals surface area (Å²) in [5, 5.41) is 10.0. The number of aliphatic hydroxyl groups excluding tert-OH is 1. The highest BCUT2D eigenvalue weighted by Crippen LogP contribution is 2.41. The van der Waals surface area contributed by atoms with E-state index in [1.54, 1.807) is 0 Å². The summed E-state index contributed by atoms with van der Waals surface area (Å²) in [4.78, 5) is 5.09. The zero-order chi connectivity index (χ0) is 16.6. The van der Waals surface area contributed by atoms with Crippen molar-refractivity contribution in [1.29, 1.82) is 0 Å². The van der Waals surface area contributed by atoms with Crippen LogP contribution >= 0.6 is 0 Å². The van der Waals surface area contributed by atoms with E-state index in [1.807, 2.05) is 0 Å². The van der Waals surface area contributed by atoms with Gasteiger partial charge in [-0.15, -0.1) is 0 Å². The molecule has 2 fully saturated rings. The molecule has 3 nitrogen and oxygen atoms in total. The van der Waals surface area contributed by atoms with Crippen molar-refractivity contribution in [3.63, 3.8) is 0 Å². The van der Waals surface area contributed by atoms with Crippen molar-refractivity contribution in [2.75, 3.05) is 33.3 Å². The Balaban J connectivity index is 1.77. The molecule has 1 aromatic rings. The van der Waals surface area contributed by atoms with Crippen LogP contribution in [-0.2, 0) is 6.54 Å². The molecule has 1 N–H and O–H groups in total. The van der Waals surface area contributed by atoms with Crippen molar-refractivity contribution < 1.29 is 5.11 Å². The molecule has 1 aromatic carbocycles. The molecule has 3 rings (SSSR count). The Morgan fingerprint density at radius 2 is 1.83 bits per heavy atom. The van der Waals surface area contributed by atoms with E-state index in [4.69, 9.17) is 0 Å². The third kappa shape index (κ3) is 3.19. The third-order valence-electron chi connectivity index (χ3n) is 6.32. The smallest absolute Gasteiger partial charge is 0.0503 e. The number of aliphatic hydroxyl groups is 1. The normalized spacial score (nSPS) is 29.5. The van der Waals surface area contributed by atoms with Crippen LogP contribution in [-0.4, -0.2) is 54.2 Å². The van der Waals surface area contributed by atoms with Gasteiger partial charge in [-0.25, -0.2) is 0 Å². The molecule has 0 bridgehead atoms. The van der Waals surface area contributed by atoms with Crippen LogP contribution in [0, 0.1) is 26.2 Å². The van der Waals surface area contributed by atoms with Crippen molar-refractivity contribution in [3.8, 4) is 0 Å². The first kappa shape index (κ1) is 16.9. The lowest BCUT2D eigenvalue weighted by molar-refractivity contribution is -0.0685. The lowest BCUT2D eigenvalue weighted by atomic mass is 9.69. The minimum absolute atomic E-state index is 0.140. The number of likely N-dealkylation sites (tertiary alicyclic amines) is 2. The molecule has 0 saturated carbocycles. The van der Waals surface area contributed by atoms with Gasteiger partial charge in [-0.05, 0) is 76.9 Å². The quantitative estimate of drug-likeness (QED) is 0.929. The second-order valence-corrected chi connectivity index (χ2v) is 7.98. The van der Waals surface area contributed by atoms with Crippen molar-refractivity contribution >= 4 is 0 Å². The highest BCUT2D eigenvalue weighted by atomic mass is 16.3. The van der Waals surface area contributed by atoms with Crippen molar-refractivity contribution in [2.45, 2.75) is 52.6 Å². The molecule has 2 heterocycles. The molecule has 0 unspecified atom stereocenters. The molecule has 2 atom stereocenters. The minimum Gasteiger partial charge on any atom is -0.396 e. The summed E-state index contributed by atoms with van der Waals surface area (Å²) in [5.74, 6) is 0. The van der Waals surface area contributed by atoms with Crippen LogP contribution in [0.4, 0.5) is 0 Å². The zero-order valence-electron chi connectivity index (χ0n) is 15.2. The Morgan fingerprint density at radius 3 is 2.48 bits per heavy atom. The van der Waals surface area contributed by atoms with E-state index in [0.717, 1.165) is 26.1 Å². The molecule has 0 radical (unpaired) electrons.